The number of hydrogen-bond donors (Lipinski definition) is 2. The first-order chi connectivity index (χ1) is 14.6. The molecule has 151 valence electrons. The van der Waals surface area contributed by atoms with Gasteiger partial charge in [-0.1, -0.05) is 6.07 Å². The Morgan fingerprint density at radius 1 is 0.867 bits per heavy atom. The van der Waals surface area contributed by atoms with Crippen LogP contribution in [0.1, 0.15) is 6.92 Å². The molecule has 0 saturated heterocycles. The third kappa shape index (κ3) is 4.74. The largest absolute Gasteiger partial charge is 0.572 e. The van der Waals surface area contributed by atoms with Gasteiger partial charge in [-0.25, -0.2) is 14.1 Å². The highest BCUT2D eigenvalue weighted by molar-refractivity contribution is 6.32. The third-order valence-electron chi connectivity index (χ3n) is 4.90. The Labute approximate surface area is 176 Å². The Morgan fingerprint density at radius 2 is 1.57 bits per heavy atom. The summed E-state index contributed by atoms with van der Waals surface area (Å²) in [7, 11) is -2.63. The summed E-state index contributed by atoms with van der Waals surface area (Å²) in [6.45, 7) is 3.86. The van der Waals surface area contributed by atoms with Gasteiger partial charge in [-0.2, -0.15) is 0 Å². The first-order valence-corrected chi connectivity index (χ1v) is 11.1. The van der Waals surface area contributed by atoms with Crippen LogP contribution >= 0.6 is 0 Å². The number of aromatic nitrogens is 4. The number of pyridine rings is 2. The molecule has 0 atom stereocenters. The molecular formula is C22H23N4O3Si+2. The van der Waals surface area contributed by atoms with Crippen LogP contribution in [0.4, 0.5) is 0 Å². The van der Waals surface area contributed by atoms with E-state index in [1.54, 1.807) is 0 Å². The lowest BCUT2D eigenvalue weighted by Gasteiger charge is -2.05. The summed E-state index contributed by atoms with van der Waals surface area (Å²) in [5.41, 5.74) is 5.75. The van der Waals surface area contributed by atoms with Gasteiger partial charge >= 0.3 is 9.53 Å². The molecule has 1 radical (unpaired) electrons. The second kappa shape index (κ2) is 9.18. The van der Waals surface area contributed by atoms with E-state index < -0.39 is 9.53 Å². The van der Waals surface area contributed by atoms with E-state index in [0.29, 0.717) is 6.54 Å². The van der Waals surface area contributed by atoms with Crippen LogP contribution in [0, 0.1) is 0 Å². The van der Waals surface area contributed by atoms with Crippen LogP contribution < -0.4 is 9.13 Å². The van der Waals surface area contributed by atoms with Gasteiger partial charge in [0.2, 0.25) is 0 Å². The van der Waals surface area contributed by atoms with Crippen LogP contribution in [-0.4, -0.2) is 35.7 Å². The summed E-state index contributed by atoms with van der Waals surface area (Å²) in [6.07, 6.45) is 9.79. The van der Waals surface area contributed by atoms with E-state index in [9.17, 15) is 0 Å². The fourth-order valence-electron chi connectivity index (χ4n) is 3.21. The van der Waals surface area contributed by atoms with Gasteiger partial charge in [0.25, 0.3) is 0 Å². The predicted molar refractivity (Wildman–Crippen MR) is 113 cm³/mol. The molecule has 0 aliphatic heterocycles. The normalized spacial score (nSPS) is 11.3. The van der Waals surface area contributed by atoms with Crippen molar-refractivity contribution in [3.8, 4) is 22.4 Å². The van der Waals surface area contributed by atoms with Crippen molar-refractivity contribution in [1.29, 1.82) is 0 Å². The molecule has 3 heterocycles. The molecule has 0 aliphatic carbocycles. The average Bonchev–Trinajstić information content (AvgIpc) is 2.79. The monoisotopic (exact) mass is 419 g/mol. The molecule has 4 rings (SSSR count). The molecule has 0 amide bonds. The predicted octanol–water partition coefficient (Wildman–Crippen LogP) is 1.54. The highest BCUT2D eigenvalue weighted by Gasteiger charge is 2.10. The van der Waals surface area contributed by atoms with E-state index in [-0.39, 0.29) is 6.61 Å². The van der Waals surface area contributed by atoms with E-state index in [2.05, 4.69) is 28.6 Å². The van der Waals surface area contributed by atoms with Crippen LogP contribution in [0.3, 0.4) is 0 Å². The Bertz CT molecular complexity index is 1140. The lowest BCUT2D eigenvalue weighted by Crippen LogP contribution is -2.36. The number of aryl methyl sites for hydroxylation is 1. The molecule has 2 N–H and O–H groups in total. The zero-order chi connectivity index (χ0) is 20.9. The van der Waals surface area contributed by atoms with E-state index in [0.717, 1.165) is 40.0 Å². The van der Waals surface area contributed by atoms with Crippen molar-refractivity contribution in [1.82, 2.24) is 9.97 Å². The van der Waals surface area contributed by atoms with Gasteiger partial charge < -0.3 is 14.0 Å². The van der Waals surface area contributed by atoms with E-state index >= 15 is 0 Å². The van der Waals surface area contributed by atoms with Gasteiger partial charge in [-0.05, 0) is 30.2 Å². The smallest absolute Gasteiger partial charge is 0.388 e. The molecule has 7 nitrogen and oxygen atoms in total. The average molecular weight is 420 g/mol. The SMILES string of the molecule is CC[n+]1ccc(-c2cnc3cc(-c4cc[n+](CCO[Si](O)O)cc4)ccc3n2)cc1. The zero-order valence-corrected chi connectivity index (χ0v) is 17.6. The summed E-state index contributed by atoms with van der Waals surface area (Å²) in [6, 6.07) is 14.2. The van der Waals surface area contributed by atoms with Crippen molar-refractivity contribution >= 4 is 20.6 Å². The fourth-order valence-corrected chi connectivity index (χ4v) is 3.48. The van der Waals surface area contributed by atoms with Gasteiger partial charge in [0.1, 0.15) is 6.54 Å². The number of rotatable bonds is 7. The Balaban J connectivity index is 1.53. The van der Waals surface area contributed by atoms with E-state index in [4.69, 9.17) is 19.0 Å². The van der Waals surface area contributed by atoms with Crippen LogP contribution in [0.15, 0.2) is 73.4 Å². The second-order valence-corrected chi connectivity index (χ2v) is 7.69. The van der Waals surface area contributed by atoms with Gasteiger partial charge in [0.05, 0.1) is 29.5 Å². The molecular weight excluding hydrogens is 396 g/mol. The Morgan fingerprint density at radius 3 is 2.27 bits per heavy atom. The van der Waals surface area contributed by atoms with Gasteiger partial charge in [0, 0.05) is 29.8 Å². The lowest BCUT2D eigenvalue weighted by atomic mass is 10.1. The first kappa shape index (κ1) is 20.2. The maximum absolute atomic E-state index is 8.83. The summed E-state index contributed by atoms with van der Waals surface area (Å²) in [5, 5.41) is 0. The summed E-state index contributed by atoms with van der Waals surface area (Å²) >= 11 is 0. The minimum absolute atomic E-state index is 0.263. The van der Waals surface area contributed by atoms with Crippen molar-refractivity contribution in [2.24, 2.45) is 0 Å². The molecule has 1 aromatic carbocycles. The quantitative estimate of drug-likeness (QED) is 0.351. The topological polar surface area (TPSA) is 83.2 Å². The third-order valence-corrected chi connectivity index (χ3v) is 5.36. The summed E-state index contributed by atoms with van der Waals surface area (Å²) in [5.74, 6) is 0. The molecule has 0 unspecified atom stereocenters. The van der Waals surface area contributed by atoms with Gasteiger partial charge in [-0.3, -0.25) is 4.98 Å². The van der Waals surface area contributed by atoms with Crippen molar-refractivity contribution < 1.29 is 23.2 Å². The van der Waals surface area contributed by atoms with E-state index in [1.165, 1.54) is 0 Å². The van der Waals surface area contributed by atoms with Gasteiger partial charge in [-0.15, -0.1) is 0 Å². The fraction of sp³-hybridized carbons (Fsp3) is 0.182. The van der Waals surface area contributed by atoms with Crippen molar-refractivity contribution in [2.75, 3.05) is 6.61 Å². The molecule has 0 fully saturated rings. The number of hydrogen-bond acceptors (Lipinski definition) is 5. The maximum Gasteiger partial charge on any atom is 0.572 e. The Kier molecular flexibility index (Phi) is 6.20. The molecule has 0 bridgehead atoms. The minimum Gasteiger partial charge on any atom is -0.388 e. The van der Waals surface area contributed by atoms with E-state index in [1.807, 2.05) is 65.9 Å². The molecule has 8 heteroatoms. The molecule has 4 aromatic rings. The molecule has 0 saturated carbocycles. The maximum atomic E-state index is 8.83. The van der Waals surface area contributed by atoms with Crippen LogP contribution in [0.25, 0.3) is 33.4 Å². The number of benzene rings is 1. The van der Waals surface area contributed by atoms with Gasteiger partial charge in [0.15, 0.2) is 31.3 Å². The van der Waals surface area contributed by atoms with Crippen molar-refractivity contribution in [3.05, 3.63) is 73.4 Å². The molecule has 3 aromatic heterocycles. The number of fused-ring (bicyclic) bond motifs is 1. The van der Waals surface area contributed by atoms with Crippen LogP contribution in [-0.2, 0) is 17.5 Å². The Hall–Kier alpha value is -3.04. The molecule has 0 aliphatic rings. The van der Waals surface area contributed by atoms with Crippen molar-refractivity contribution in [2.45, 2.75) is 20.0 Å². The number of nitrogens with zero attached hydrogens (tertiary/aromatic N) is 4. The standard InChI is InChI=1S/C22H23N4O3Si/c1-2-25-9-7-18(8-10-25)22-16-23-21-15-19(3-4-20(21)24-22)17-5-11-26(12-6-17)13-14-29-30(27)28/h3-12,15-16,27-28H,2,13-14H2,1H3/q+2. The molecule has 30 heavy (non-hydrogen) atoms. The summed E-state index contributed by atoms with van der Waals surface area (Å²) in [4.78, 5) is 27.0. The van der Waals surface area contributed by atoms with Crippen molar-refractivity contribution in [3.63, 3.8) is 0 Å². The highest BCUT2D eigenvalue weighted by Crippen LogP contribution is 2.24. The van der Waals surface area contributed by atoms with Crippen LogP contribution in [0.5, 0.6) is 0 Å². The molecule has 0 spiro atoms. The summed E-state index contributed by atoms with van der Waals surface area (Å²) < 4.78 is 8.88. The first-order valence-electron chi connectivity index (χ1n) is 9.76. The highest BCUT2D eigenvalue weighted by atomic mass is 28.3. The lowest BCUT2D eigenvalue weighted by molar-refractivity contribution is -0.697. The second-order valence-electron chi connectivity index (χ2n) is 6.83. The van der Waals surface area contributed by atoms with Crippen LogP contribution in [0.2, 0.25) is 0 Å². The minimum atomic E-state index is -2.63. The zero-order valence-electron chi connectivity index (χ0n) is 16.6.